The molecule has 0 saturated heterocycles. The van der Waals surface area contributed by atoms with E-state index in [1.807, 2.05) is 60.7 Å². The number of aromatic nitrogens is 2. The molecule has 0 aliphatic rings. The van der Waals surface area contributed by atoms with Crippen LogP contribution in [0.2, 0.25) is 0 Å². The van der Waals surface area contributed by atoms with Gasteiger partial charge in [0.2, 0.25) is 0 Å². The fourth-order valence-corrected chi connectivity index (χ4v) is 5.55. The molecular formula is C30H30N2O6S. The molecule has 0 N–H and O–H groups in total. The largest absolute Gasteiger partial charge is 0.482 e. The van der Waals surface area contributed by atoms with Gasteiger partial charge in [-0.15, -0.1) is 0 Å². The van der Waals surface area contributed by atoms with Crippen molar-refractivity contribution in [2.45, 2.75) is 30.7 Å². The summed E-state index contributed by atoms with van der Waals surface area (Å²) >= 11 is 0. The number of carbonyl (C=O) groups excluding carboxylic acids is 1. The van der Waals surface area contributed by atoms with Gasteiger partial charge in [-0.1, -0.05) is 66.7 Å². The van der Waals surface area contributed by atoms with Crippen molar-refractivity contribution in [3.8, 4) is 5.75 Å². The zero-order chi connectivity index (χ0) is 27.7. The molecule has 0 aliphatic carbocycles. The van der Waals surface area contributed by atoms with Gasteiger partial charge in [0.25, 0.3) is 5.56 Å². The first-order chi connectivity index (χ1) is 18.9. The van der Waals surface area contributed by atoms with Crippen molar-refractivity contribution in [3.63, 3.8) is 0 Å². The zero-order valence-corrected chi connectivity index (χ0v) is 22.4. The quantitative estimate of drug-likeness (QED) is 0.245. The molecular weight excluding hydrogens is 516 g/mol. The van der Waals surface area contributed by atoms with Crippen LogP contribution in [-0.4, -0.2) is 43.1 Å². The van der Waals surface area contributed by atoms with E-state index in [1.54, 1.807) is 25.1 Å². The molecule has 0 atom stereocenters. The number of benzene rings is 3. The van der Waals surface area contributed by atoms with Gasteiger partial charge in [0.15, 0.2) is 16.4 Å². The number of rotatable bonds is 12. The molecule has 0 spiro atoms. The van der Waals surface area contributed by atoms with Gasteiger partial charge in [-0.3, -0.25) is 4.79 Å². The molecule has 9 heteroatoms. The molecule has 0 amide bonds. The maximum Gasteiger partial charge on any atom is 0.344 e. The Balaban J connectivity index is 1.48. The summed E-state index contributed by atoms with van der Waals surface area (Å²) < 4.78 is 37.5. The second kappa shape index (κ2) is 13.0. The number of sulfone groups is 1. The van der Waals surface area contributed by atoms with Crippen LogP contribution in [0, 0.1) is 0 Å². The Labute approximate surface area is 227 Å². The van der Waals surface area contributed by atoms with Gasteiger partial charge in [0, 0.05) is 12.6 Å². The third-order valence-electron chi connectivity index (χ3n) is 6.06. The first-order valence-electron chi connectivity index (χ1n) is 12.7. The van der Waals surface area contributed by atoms with Gasteiger partial charge in [-0.05, 0) is 48.7 Å². The number of aryl methyl sites for hydroxylation is 1. The molecule has 0 saturated carbocycles. The number of esters is 1. The predicted octanol–water partition coefficient (Wildman–Crippen LogP) is 4.23. The molecule has 4 rings (SSSR count). The highest BCUT2D eigenvalue weighted by Crippen LogP contribution is 2.30. The van der Waals surface area contributed by atoms with E-state index in [9.17, 15) is 18.0 Å². The van der Waals surface area contributed by atoms with Crippen LogP contribution in [0.5, 0.6) is 5.75 Å². The van der Waals surface area contributed by atoms with Gasteiger partial charge >= 0.3 is 5.97 Å². The van der Waals surface area contributed by atoms with Crippen molar-refractivity contribution in [3.05, 3.63) is 124 Å². The minimum absolute atomic E-state index is 0.0751. The standard InChI is InChI=1S/C30H30N2O6S/c1-2-37-29(34)22-38-25-15-9-16-26(21-25)39(35,36)20-10-19-32-28(33)18-17-27(31-32)30(23-11-5-3-6-12-23)24-13-7-4-8-14-24/h3-9,11-18,21,30H,2,10,19-20,22H2,1H3. The molecule has 0 unspecified atom stereocenters. The molecule has 1 aromatic heterocycles. The van der Waals surface area contributed by atoms with Crippen molar-refractivity contribution in [2.24, 2.45) is 0 Å². The Morgan fingerprint density at radius 3 is 2.21 bits per heavy atom. The molecule has 1 heterocycles. The van der Waals surface area contributed by atoms with Gasteiger partial charge in [-0.2, -0.15) is 5.10 Å². The summed E-state index contributed by atoms with van der Waals surface area (Å²) in [4.78, 5) is 24.2. The molecule has 202 valence electrons. The normalized spacial score (nSPS) is 11.3. The molecule has 8 nitrogen and oxygen atoms in total. The summed E-state index contributed by atoms with van der Waals surface area (Å²) in [6.07, 6.45) is 0.188. The van der Waals surface area contributed by atoms with Crippen LogP contribution in [0.4, 0.5) is 0 Å². The van der Waals surface area contributed by atoms with Gasteiger partial charge < -0.3 is 9.47 Å². The topological polar surface area (TPSA) is 105 Å². The molecule has 0 fully saturated rings. The highest BCUT2D eigenvalue weighted by atomic mass is 32.2. The Bertz CT molecular complexity index is 1510. The van der Waals surface area contributed by atoms with E-state index < -0.39 is 15.8 Å². The fourth-order valence-electron chi connectivity index (χ4n) is 4.23. The average Bonchev–Trinajstić information content (AvgIpc) is 2.95. The molecule has 3 aromatic carbocycles. The van der Waals surface area contributed by atoms with E-state index in [2.05, 4.69) is 5.10 Å². The minimum atomic E-state index is -3.67. The van der Waals surface area contributed by atoms with Crippen molar-refractivity contribution >= 4 is 15.8 Å². The first-order valence-corrected chi connectivity index (χ1v) is 14.3. The van der Waals surface area contributed by atoms with Gasteiger partial charge in [-0.25, -0.2) is 17.9 Å². The van der Waals surface area contributed by atoms with Crippen LogP contribution in [0.3, 0.4) is 0 Å². The molecule has 39 heavy (non-hydrogen) atoms. The van der Waals surface area contributed by atoms with Crippen molar-refractivity contribution in [1.29, 1.82) is 0 Å². The lowest BCUT2D eigenvalue weighted by molar-refractivity contribution is -0.145. The lowest BCUT2D eigenvalue weighted by Gasteiger charge is -2.18. The summed E-state index contributed by atoms with van der Waals surface area (Å²) in [7, 11) is -3.67. The summed E-state index contributed by atoms with van der Waals surface area (Å²) in [5, 5.41) is 4.63. The minimum Gasteiger partial charge on any atom is -0.482 e. The third-order valence-corrected chi connectivity index (χ3v) is 7.86. The lowest BCUT2D eigenvalue weighted by Crippen LogP contribution is -2.25. The summed E-state index contributed by atoms with van der Waals surface area (Å²) in [5.74, 6) is -0.649. The van der Waals surface area contributed by atoms with E-state index in [0.29, 0.717) is 5.69 Å². The van der Waals surface area contributed by atoms with Crippen LogP contribution in [0.15, 0.2) is 107 Å². The van der Waals surface area contributed by atoms with Crippen molar-refractivity contribution < 1.29 is 22.7 Å². The Hall–Kier alpha value is -4.24. The van der Waals surface area contributed by atoms with E-state index in [1.165, 1.54) is 22.9 Å². The maximum absolute atomic E-state index is 13.0. The van der Waals surface area contributed by atoms with Crippen LogP contribution in [0.25, 0.3) is 0 Å². The summed E-state index contributed by atoms with van der Waals surface area (Å²) in [6.45, 7) is 1.75. The maximum atomic E-state index is 13.0. The molecule has 0 radical (unpaired) electrons. The Kier molecular flexibility index (Phi) is 9.27. The molecule has 0 bridgehead atoms. The van der Waals surface area contributed by atoms with E-state index in [-0.39, 0.29) is 54.1 Å². The van der Waals surface area contributed by atoms with E-state index in [0.717, 1.165) is 11.1 Å². The Morgan fingerprint density at radius 2 is 1.56 bits per heavy atom. The van der Waals surface area contributed by atoms with Gasteiger partial charge in [0.05, 0.1) is 28.9 Å². The monoisotopic (exact) mass is 546 g/mol. The number of nitrogens with zero attached hydrogens (tertiary/aromatic N) is 2. The first kappa shape index (κ1) is 27.8. The van der Waals surface area contributed by atoms with Crippen LogP contribution >= 0.6 is 0 Å². The molecule has 4 aromatic rings. The van der Waals surface area contributed by atoms with Crippen LogP contribution in [-0.2, 0) is 25.9 Å². The summed E-state index contributed by atoms with van der Waals surface area (Å²) in [6, 6.07) is 29.0. The highest BCUT2D eigenvalue weighted by Gasteiger charge is 2.20. The van der Waals surface area contributed by atoms with Crippen molar-refractivity contribution in [2.75, 3.05) is 19.0 Å². The average molecular weight is 547 g/mol. The van der Waals surface area contributed by atoms with Crippen LogP contribution < -0.4 is 10.3 Å². The SMILES string of the molecule is CCOC(=O)COc1cccc(S(=O)(=O)CCCn2nc(C(c3ccccc3)c3ccccc3)ccc2=O)c1. The van der Waals surface area contributed by atoms with Crippen LogP contribution in [0.1, 0.15) is 36.1 Å². The van der Waals surface area contributed by atoms with E-state index in [4.69, 9.17) is 9.47 Å². The lowest BCUT2D eigenvalue weighted by atomic mass is 9.88. The molecule has 0 aliphatic heterocycles. The fraction of sp³-hybridized carbons (Fsp3) is 0.233. The summed E-state index contributed by atoms with van der Waals surface area (Å²) in [5.41, 5.74) is 2.47. The number of hydrogen-bond acceptors (Lipinski definition) is 7. The zero-order valence-electron chi connectivity index (χ0n) is 21.6. The highest BCUT2D eigenvalue weighted by molar-refractivity contribution is 7.91. The number of hydrogen-bond donors (Lipinski definition) is 0. The second-order valence-corrected chi connectivity index (χ2v) is 10.9. The smallest absolute Gasteiger partial charge is 0.344 e. The van der Waals surface area contributed by atoms with E-state index >= 15 is 0 Å². The number of carbonyl (C=O) groups is 1. The number of ether oxygens (including phenoxy) is 2. The Morgan fingerprint density at radius 1 is 0.897 bits per heavy atom. The van der Waals surface area contributed by atoms with Crippen molar-refractivity contribution in [1.82, 2.24) is 9.78 Å². The third kappa shape index (κ3) is 7.42. The second-order valence-electron chi connectivity index (χ2n) is 8.81. The van der Waals surface area contributed by atoms with Gasteiger partial charge in [0.1, 0.15) is 5.75 Å². The predicted molar refractivity (Wildman–Crippen MR) is 148 cm³/mol.